The molecule has 0 saturated carbocycles. The normalized spacial score (nSPS) is 11.1. The zero-order valence-corrected chi connectivity index (χ0v) is 18.9. The fourth-order valence-corrected chi connectivity index (χ4v) is 2.87. The molecule has 0 N–H and O–H groups in total. The predicted molar refractivity (Wildman–Crippen MR) is 122 cm³/mol. The highest BCUT2D eigenvalue weighted by Gasteiger charge is 2.36. The summed E-state index contributed by atoms with van der Waals surface area (Å²) in [6, 6.07) is 19.6. The molecule has 0 aromatic heterocycles. The average Bonchev–Trinajstić information content (AvgIpc) is 2.81. The first-order chi connectivity index (χ1) is 16.5. The van der Waals surface area contributed by atoms with Crippen LogP contribution in [0.2, 0.25) is 0 Å². The Labute approximate surface area is 200 Å². The molecule has 0 radical (unpaired) electrons. The minimum Gasteiger partial charge on any atom is -0.475 e. The minimum absolute atomic E-state index is 0.229. The van der Waals surface area contributed by atoms with Gasteiger partial charge in [-0.3, -0.25) is 0 Å². The summed E-state index contributed by atoms with van der Waals surface area (Å²) in [5.74, 6) is 3.47. The molecular formula is C27H21F3O5. The van der Waals surface area contributed by atoms with E-state index in [-0.39, 0.29) is 11.3 Å². The van der Waals surface area contributed by atoms with Crippen LogP contribution in [0.5, 0.6) is 11.5 Å². The summed E-state index contributed by atoms with van der Waals surface area (Å²) < 4.78 is 56.2. The van der Waals surface area contributed by atoms with E-state index in [4.69, 9.17) is 14.2 Å². The van der Waals surface area contributed by atoms with Crippen molar-refractivity contribution < 1.29 is 37.0 Å². The van der Waals surface area contributed by atoms with Crippen LogP contribution in [0.1, 0.15) is 35.3 Å². The lowest BCUT2D eigenvalue weighted by Gasteiger charge is -2.23. The molecule has 5 nitrogen and oxygen atoms in total. The van der Waals surface area contributed by atoms with Gasteiger partial charge in [0.25, 0.3) is 0 Å². The van der Waals surface area contributed by atoms with E-state index >= 15 is 0 Å². The van der Waals surface area contributed by atoms with E-state index in [0.29, 0.717) is 5.56 Å². The first kappa shape index (κ1) is 25.4. The summed E-state index contributed by atoms with van der Waals surface area (Å²) >= 11 is 0. The Kier molecular flexibility index (Phi) is 7.82. The van der Waals surface area contributed by atoms with E-state index in [1.165, 1.54) is 13.8 Å². The van der Waals surface area contributed by atoms with Crippen molar-refractivity contribution in [2.45, 2.75) is 25.6 Å². The molecule has 0 unspecified atom stereocenters. The van der Waals surface area contributed by atoms with Crippen molar-refractivity contribution >= 4 is 11.9 Å². The monoisotopic (exact) mass is 482 g/mol. The Hall–Kier alpha value is -4.25. The smallest absolute Gasteiger partial charge is 0.419 e. The van der Waals surface area contributed by atoms with Crippen molar-refractivity contribution in [3.63, 3.8) is 0 Å². The highest BCUT2D eigenvalue weighted by Crippen LogP contribution is 2.38. The maximum absolute atomic E-state index is 13.6. The molecule has 0 heterocycles. The summed E-state index contributed by atoms with van der Waals surface area (Å²) in [6.07, 6.45) is -4.74. The van der Waals surface area contributed by atoms with Gasteiger partial charge in [0, 0.05) is 5.56 Å². The number of ether oxygens (including phenoxy) is 3. The van der Waals surface area contributed by atoms with Gasteiger partial charge in [-0.2, -0.15) is 13.2 Å². The zero-order chi connectivity index (χ0) is 25.5. The third kappa shape index (κ3) is 7.64. The summed E-state index contributed by atoms with van der Waals surface area (Å²) in [7, 11) is 0. The number of benzene rings is 3. The molecule has 3 aromatic rings. The molecule has 0 aliphatic rings. The molecule has 0 fully saturated rings. The Morgan fingerprint density at radius 3 is 2.14 bits per heavy atom. The van der Waals surface area contributed by atoms with Gasteiger partial charge in [0.2, 0.25) is 0 Å². The predicted octanol–water partition coefficient (Wildman–Crippen LogP) is 5.68. The van der Waals surface area contributed by atoms with E-state index in [0.717, 1.165) is 18.2 Å². The van der Waals surface area contributed by atoms with Gasteiger partial charge < -0.3 is 14.2 Å². The highest BCUT2D eigenvalue weighted by molar-refractivity contribution is 5.91. The summed E-state index contributed by atoms with van der Waals surface area (Å²) in [5, 5.41) is 0. The average molecular weight is 482 g/mol. The number of rotatable bonds is 6. The largest absolute Gasteiger partial charge is 0.475 e. The van der Waals surface area contributed by atoms with Gasteiger partial charge >= 0.3 is 18.1 Å². The van der Waals surface area contributed by atoms with E-state index < -0.39 is 41.6 Å². The molecule has 0 atom stereocenters. The molecule has 35 heavy (non-hydrogen) atoms. The standard InChI is InChI=1S/C27H21F3O5/c1-26(2,16-15-19-9-5-3-6-10-19)35-23-17-20(13-14-22(23)27(28,29)30)25(32)33-18-24(31)34-21-11-7-4-8-12-21/h3-14,17H,18H2,1-2H3. The van der Waals surface area contributed by atoms with Crippen LogP contribution < -0.4 is 9.47 Å². The van der Waals surface area contributed by atoms with E-state index in [9.17, 15) is 22.8 Å². The summed E-state index contributed by atoms with van der Waals surface area (Å²) in [5.41, 5.74) is -1.96. The maximum Gasteiger partial charge on any atom is 0.419 e. The first-order valence-electron chi connectivity index (χ1n) is 10.4. The topological polar surface area (TPSA) is 61.8 Å². The van der Waals surface area contributed by atoms with E-state index in [2.05, 4.69) is 11.8 Å². The molecule has 0 aliphatic carbocycles. The van der Waals surface area contributed by atoms with E-state index in [1.54, 1.807) is 54.6 Å². The van der Waals surface area contributed by atoms with Gasteiger partial charge in [-0.1, -0.05) is 48.2 Å². The summed E-state index contributed by atoms with van der Waals surface area (Å²) in [6.45, 7) is 2.29. The van der Waals surface area contributed by atoms with E-state index in [1.807, 2.05) is 6.07 Å². The van der Waals surface area contributed by atoms with Gasteiger partial charge in [-0.15, -0.1) is 0 Å². The molecular weight excluding hydrogens is 461 g/mol. The molecule has 0 bridgehead atoms. The third-order valence-electron chi connectivity index (χ3n) is 4.47. The number of halogens is 3. The number of hydrogen-bond donors (Lipinski definition) is 0. The van der Waals surface area contributed by atoms with Crippen LogP contribution in [0.4, 0.5) is 13.2 Å². The Bertz CT molecular complexity index is 1240. The van der Waals surface area contributed by atoms with Crippen LogP contribution in [-0.2, 0) is 15.7 Å². The van der Waals surface area contributed by atoms with Crippen molar-refractivity contribution in [3.05, 3.63) is 95.6 Å². The molecule has 3 rings (SSSR count). The van der Waals surface area contributed by atoms with Crippen LogP contribution in [0.15, 0.2) is 78.9 Å². The fourth-order valence-electron chi connectivity index (χ4n) is 2.87. The molecule has 180 valence electrons. The lowest BCUT2D eigenvalue weighted by atomic mass is 10.1. The first-order valence-corrected chi connectivity index (χ1v) is 10.4. The molecule has 0 aliphatic heterocycles. The van der Waals surface area contributed by atoms with Crippen LogP contribution in [0, 0.1) is 11.8 Å². The molecule has 0 saturated heterocycles. The molecule has 3 aromatic carbocycles. The Morgan fingerprint density at radius 2 is 1.51 bits per heavy atom. The van der Waals surface area contributed by atoms with Gasteiger partial charge in [0.05, 0.1) is 11.1 Å². The maximum atomic E-state index is 13.6. The number of alkyl halides is 3. The van der Waals surface area contributed by atoms with Gasteiger partial charge in [0.15, 0.2) is 12.2 Å². The lowest BCUT2D eigenvalue weighted by molar-refractivity contribution is -0.139. The quantitative estimate of drug-likeness (QED) is 0.257. The number of para-hydroxylation sites is 1. The van der Waals surface area contributed by atoms with Crippen LogP contribution in [-0.4, -0.2) is 24.1 Å². The molecule has 8 heteroatoms. The van der Waals surface area contributed by atoms with Crippen molar-refractivity contribution in [1.29, 1.82) is 0 Å². The zero-order valence-electron chi connectivity index (χ0n) is 18.9. The van der Waals surface area contributed by atoms with Gasteiger partial charge in [0.1, 0.15) is 11.5 Å². The third-order valence-corrected chi connectivity index (χ3v) is 4.47. The second kappa shape index (κ2) is 10.8. The van der Waals surface area contributed by atoms with Crippen molar-refractivity contribution in [1.82, 2.24) is 0 Å². The summed E-state index contributed by atoms with van der Waals surface area (Å²) in [4.78, 5) is 24.3. The second-order valence-corrected chi connectivity index (χ2v) is 7.80. The van der Waals surface area contributed by atoms with Crippen molar-refractivity contribution in [2.75, 3.05) is 6.61 Å². The Balaban J connectivity index is 1.76. The van der Waals surface area contributed by atoms with Crippen LogP contribution in [0.3, 0.4) is 0 Å². The number of esters is 2. The molecule has 0 spiro atoms. The number of hydrogen-bond acceptors (Lipinski definition) is 5. The lowest BCUT2D eigenvalue weighted by Crippen LogP contribution is -2.27. The number of carbonyl (C=O) groups excluding carboxylic acids is 2. The highest BCUT2D eigenvalue weighted by atomic mass is 19.4. The number of carbonyl (C=O) groups is 2. The fraction of sp³-hybridized carbons (Fsp3) is 0.185. The van der Waals surface area contributed by atoms with Gasteiger partial charge in [-0.25, -0.2) is 9.59 Å². The van der Waals surface area contributed by atoms with Crippen LogP contribution in [0.25, 0.3) is 0 Å². The van der Waals surface area contributed by atoms with Crippen LogP contribution >= 0.6 is 0 Å². The minimum atomic E-state index is -4.74. The Morgan fingerprint density at radius 1 is 0.886 bits per heavy atom. The molecule has 0 amide bonds. The van der Waals surface area contributed by atoms with Crippen molar-refractivity contribution in [2.24, 2.45) is 0 Å². The van der Waals surface area contributed by atoms with Crippen molar-refractivity contribution in [3.8, 4) is 23.3 Å². The SMILES string of the molecule is CC(C)(C#Cc1ccccc1)Oc1cc(C(=O)OCC(=O)Oc2ccccc2)ccc1C(F)(F)F. The second-order valence-electron chi connectivity index (χ2n) is 7.80. The van der Waals surface area contributed by atoms with Gasteiger partial charge in [-0.05, 0) is 56.3 Å².